The van der Waals surface area contributed by atoms with Crippen molar-refractivity contribution in [3.05, 3.63) is 39.5 Å². The van der Waals surface area contributed by atoms with Crippen LogP contribution in [-0.4, -0.2) is 0 Å². The summed E-state index contributed by atoms with van der Waals surface area (Å²) < 4.78 is 1.17. The molecular weight excluding hydrogens is 285 g/mol. The fourth-order valence-electron chi connectivity index (χ4n) is 1.24. The Morgan fingerprint density at radius 3 is 2.29 bits per heavy atom. The van der Waals surface area contributed by atoms with Gasteiger partial charge < -0.3 is 5.73 Å². The minimum atomic E-state index is 0.189. The van der Waals surface area contributed by atoms with Crippen molar-refractivity contribution in [1.29, 1.82) is 0 Å². The molecule has 1 aromatic rings. The Morgan fingerprint density at radius 1 is 1.36 bits per heavy atom. The molecule has 0 aliphatic carbocycles. The normalized spacial score (nSPS) is 11.4. The zero-order valence-electron chi connectivity index (χ0n) is 8.89. The van der Waals surface area contributed by atoms with Crippen LogP contribution < -0.4 is 5.73 Å². The van der Waals surface area contributed by atoms with Gasteiger partial charge in [0.05, 0.1) is 0 Å². The largest absolute Gasteiger partial charge is 0.399 e. The molecule has 0 spiro atoms. The number of hydrogen-bond donors (Lipinski definition) is 1. The Bertz CT molecular complexity index is 361. The highest BCUT2D eigenvalue weighted by Crippen LogP contribution is 2.26. The first-order chi connectivity index (χ1) is 6.32. The van der Waals surface area contributed by atoms with Crippen LogP contribution in [0.4, 0.5) is 0 Å². The van der Waals surface area contributed by atoms with Gasteiger partial charge in [0.1, 0.15) is 0 Å². The molecule has 0 aliphatic rings. The van der Waals surface area contributed by atoms with Crippen molar-refractivity contribution in [2.24, 2.45) is 5.73 Å². The van der Waals surface area contributed by atoms with E-state index >= 15 is 0 Å². The Kier molecular flexibility index (Phi) is 3.24. The van der Waals surface area contributed by atoms with Crippen LogP contribution in [0.5, 0.6) is 0 Å². The van der Waals surface area contributed by atoms with E-state index in [-0.39, 0.29) is 5.41 Å². The number of benzene rings is 1. The third-order valence-electron chi connectivity index (χ3n) is 2.18. The first kappa shape index (κ1) is 11.6. The maximum atomic E-state index is 5.67. The molecule has 0 bridgehead atoms. The van der Waals surface area contributed by atoms with Crippen LogP contribution in [0, 0.1) is 3.57 Å². The molecular formula is C12H16IN. The summed E-state index contributed by atoms with van der Waals surface area (Å²) in [4.78, 5) is 0. The van der Waals surface area contributed by atoms with E-state index in [1.807, 2.05) is 6.07 Å². The van der Waals surface area contributed by atoms with Gasteiger partial charge in [-0.25, -0.2) is 0 Å². The van der Waals surface area contributed by atoms with Crippen LogP contribution in [0.2, 0.25) is 0 Å². The molecule has 2 heteroatoms. The zero-order valence-corrected chi connectivity index (χ0v) is 11.1. The standard InChI is InChI=1S/C12H16IN/c1-8(14)10-6-5-9(7-11(10)13)12(2,3)4/h5-7H,1,14H2,2-4H3. The second kappa shape index (κ2) is 3.93. The van der Waals surface area contributed by atoms with Gasteiger partial charge in [0.25, 0.3) is 0 Å². The highest BCUT2D eigenvalue weighted by Gasteiger charge is 2.14. The average Bonchev–Trinajstić information content (AvgIpc) is 2.01. The van der Waals surface area contributed by atoms with Crippen LogP contribution >= 0.6 is 22.6 Å². The SMILES string of the molecule is C=C(N)c1ccc(C(C)(C)C)cc1I. The van der Waals surface area contributed by atoms with Gasteiger partial charge >= 0.3 is 0 Å². The predicted octanol–water partition coefficient (Wildman–Crippen LogP) is 3.52. The summed E-state index contributed by atoms with van der Waals surface area (Å²) in [5.74, 6) is 0. The predicted molar refractivity (Wildman–Crippen MR) is 71.1 cm³/mol. The van der Waals surface area contributed by atoms with Crippen molar-refractivity contribution in [2.45, 2.75) is 26.2 Å². The summed E-state index contributed by atoms with van der Waals surface area (Å²) in [6.07, 6.45) is 0. The Labute approximate surface area is 99.5 Å². The van der Waals surface area contributed by atoms with Gasteiger partial charge in [-0.3, -0.25) is 0 Å². The minimum Gasteiger partial charge on any atom is -0.399 e. The van der Waals surface area contributed by atoms with Gasteiger partial charge in [-0.2, -0.15) is 0 Å². The smallest absolute Gasteiger partial charge is 0.0325 e. The van der Waals surface area contributed by atoms with Gasteiger partial charge in [-0.05, 0) is 39.6 Å². The van der Waals surface area contributed by atoms with Gasteiger partial charge in [-0.1, -0.05) is 39.5 Å². The fourth-order valence-corrected chi connectivity index (χ4v) is 2.10. The molecule has 2 N–H and O–H groups in total. The molecule has 1 aromatic carbocycles. The van der Waals surface area contributed by atoms with Gasteiger partial charge in [0.2, 0.25) is 0 Å². The van der Waals surface area contributed by atoms with Gasteiger partial charge in [-0.15, -0.1) is 0 Å². The maximum absolute atomic E-state index is 5.67. The summed E-state index contributed by atoms with van der Waals surface area (Å²) in [6, 6.07) is 6.34. The number of nitrogens with two attached hydrogens (primary N) is 1. The van der Waals surface area contributed by atoms with Crippen LogP contribution in [0.15, 0.2) is 24.8 Å². The van der Waals surface area contributed by atoms with E-state index in [0.717, 1.165) is 5.56 Å². The lowest BCUT2D eigenvalue weighted by Gasteiger charge is -2.20. The molecule has 1 rings (SSSR count). The molecule has 76 valence electrons. The van der Waals surface area contributed by atoms with E-state index < -0.39 is 0 Å². The van der Waals surface area contributed by atoms with Crippen LogP contribution in [-0.2, 0) is 5.41 Å². The monoisotopic (exact) mass is 301 g/mol. The molecule has 0 unspecified atom stereocenters. The van der Waals surface area contributed by atoms with Crippen molar-refractivity contribution in [3.8, 4) is 0 Å². The minimum absolute atomic E-state index is 0.189. The van der Waals surface area contributed by atoms with Crippen molar-refractivity contribution in [1.82, 2.24) is 0 Å². The molecule has 1 nitrogen and oxygen atoms in total. The third kappa shape index (κ3) is 2.50. The highest BCUT2D eigenvalue weighted by atomic mass is 127. The van der Waals surface area contributed by atoms with E-state index in [4.69, 9.17) is 5.73 Å². The third-order valence-corrected chi connectivity index (χ3v) is 3.07. The molecule has 0 aliphatic heterocycles. The van der Waals surface area contributed by atoms with E-state index in [2.05, 4.69) is 62.1 Å². The van der Waals surface area contributed by atoms with Gasteiger partial charge in [0, 0.05) is 14.8 Å². The molecule has 0 heterocycles. The van der Waals surface area contributed by atoms with Crippen molar-refractivity contribution >= 4 is 28.3 Å². The van der Waals surface area contributed by atoms with Crippen LogP contribution in [0.3, 0.4) is 0 Å². The Hall–Kier alpha value is -0.510. The van der Waals surface area contributed by atoms with Crippen LogP contribution in [0.1, 0.15) is 31.9 Å². The Morgan fingerprint density at radius 2 is 1.93 bits per heavy atom. The lowest BCUT2D eigenvalue weighted by molar-refractivity contribution is 0.590. The van der Waals surface area contributed by atoms with Crippen LogP contribution in [0.25, 0.3) is 5.70 Å². The van der Waals surface area contributed by atoms with Crippen molar-refractivity contribution in [2.75, 3.05) is 0 Å². The quantitative estimate of drug-likeness (QED) is 0.789. The van der Waals surface area contributed by atoms with E-state index in [0.29, 0.717) is 5.70 Å². The molecule has 0 aromatic heterocycles. The molecule has 0 radical (unpaired) electrons. The molecule has 0 atom stereocenters. The number of rotatable bonds is 1. The summed E-state index contributed by atoms with van der Waals surface area (Å²) in [5.41, 5.74) is 8.86. The fraction of sp³-hybridized carbons (Fsp3) is 0.333. The van der Waals surface area contributed by atoms with Gasteiger partial charge in [0.15, 0.2) is 0 Å². The first-order valence-corrected chi connectivity index (χ1v) is 5.65. The highest BCUT2D eigenvalue weighted by molar-refractivity contribution is 14.1. The average molecular weight is 301 g/mol. The molecule has 14 heavy (non-hydrogen) atoms. The zero-order chi connectivity index (χ0) is 10.9. The van der Waals surface area contributed by atoms with E-state index in [1.54, 1.807) is 0 Å². The molecule has 0 amide bonds. The summed E-state index contributed by atoms with van der Waals surface area (Å²) >= 11 is 2.30. The van der Waals surface area contributed by atoms with E-state index in [9.17, 15) is 0 Å². The van der Waals surface area contributed by atoms with E-state index in [1.165, 1.54) is 9.13 Å². The Balaban J connectivity index is 3.20. The number of hydrogen-bond acceptors (Lipinski definition) is 1. The maximum Gasteiger partial charge on any atom is 0.0325 e. The second-order valence-electron chi connectivity index (χ2n) is 4.47. The number of halogens is 1. The van der Waals surface area contributed by atoms with Crippen molar-refractivity contribution in [3.63, 3.8) is 0 Å². The topological polar surface area (TPSA) is 26.0 Å². The first-order valence-electron chi connectivity index (χ1n) is 4.57. The van der Waals surface area contributed by atoms with Crippen molar-refractivity contribution < 1.29 is 0 Å². The lowest BCUT2D eigenvalue weighted by atomic mass is 9.86. The summed E-state index contributed by atoms with van der Waals surface area (Å²) in [6.45, 7) is 10.4. The second-order valence-corrected chi connectivity index (χ2v) is 5.63. The molecule has 0 saturated heterocycles. The lowest BCUT2D eigenvalue weighted by Crippen LogP contribution is -2.11. The molecule has 0 saturated carbocycles. The molecule has 0 fully saturated rings. The summed E-state index contributed by atoms with van der Waals surface area (Å²) in [5, 5.41) is 0. The summed E-state index contributed by atoms with van der Waals surface area (Å²) in [7, 11) is 0.